The van der Waals surface area contributed by atoms with E-state index in [1.165, 1.54) is 10.9 Å². The number of aryl methyl sites for hydroxylation is 2. The van der Waals surface area contributed by atoms with E-state index in [1.54, 1.807) is 30.4 Å². The first-order valence-corrected chi connectivity index (χ1v) is 8.87. The molecule has 0 atom stereocenters. The minimum atomic E-state index is -0.234. The zero-order valence-corrected chi connectivity index (χ0v) is 14.8. The molecule has 0 amide bonds. The highest BCUT2D eigenvalue weighted by atomic mass is 32.1. The molecule has 7 heteroatoms. The Bertz CT molecular complexity index is 824. The summed E-state index contributed by atoms with van der Waals surface area (Å²) in [5.41, 5.74) is 2.27. The Morgan fingerprint density at radius 3 is 2.88 bits per heavy atom. The Morgan fingerprint density at radius 2 is 2.12 bits per heavy atom. The van der Waals surface area contributed by atoms with Gasteiger partial charge in [0.2, 0.25) is 5.82 Å². The summed E-state index contributed by atoms with van der Waals surface area (Å²) < 4.78 is 13.4. The molecule has 0 saturated carbocycles. The third-order valence-electron chi connectivity index (χ3n) is 3.71. The molecule has 0 aliphatic rings. The molecule has 0 aliphatic carbocycles. The van der Waals surface area contributed by atoms with Crippen molar-refractivity contribution in [2.75, 3.05) is 0 Å². The van der Waals surface area contributed by atoms with Crippen LogP contribution < -0.4 is 0 Å². The maximum Gasteiger partial charge on any atom is 0.204 e. The van der Waals surface area contributed by atoms with Gasteiger partial charge in [0.05, 0.1) is 10.7 Å². The number of halogens is 1. The molecule has 2 aromatic heterocycles. The van der Waals surface area contributed by atoms with Crippen molar-refractivity contribution in [1.82, 2.24) is 25.2 Å². The Labute approximate surface area is 144 Å². The fourth-order valence-electron chi connectivity index (χ4n) is 2.30. The summed E-state index contributed by atoms with van der Waals surface area (Å²) in [7, 11) is 0. The zero-order valence-electron chi connectivity index (χ0n) is 14.0. The first kappa shape index (κ1) is 16.7. The molecule has 0 bridgehead atoms. The van der Waals surface area contributed by atoms with Crippen LogP contribution >= 0.6 is 11.3 Å². The van der Waals surface area contributed by atoms with Gasteiger partial charge in [0.25, 0.3) is 0 Å². The summed E-state index contributed by atoms with van der Waals surface area (Å²) in [5.74, 6) is 0.937. The molecule has 2 heterocycles. The lowest BCUT2D eigenvalue weighted by Crippen LogP contribution is -2.04. The van der Waals surface area contributed by atoms with E-state index in [4.69, 9.17) is 0 Å². The Kier molecular flexibility index (Phi) is 4.99. The number of benzene rings is 1. The van der Waals surface area contributed by atoms with Crippen LogP contribution in [0.15, 0.2) is 23.6 Å². The lowest BCUT2D eigenvalue weighted by atomic mass is 10.1. The van der Waals surface area contributed by atoms with Crippen molar-refractivity contribution in [3.8, 4) is 11.4 Å². The monoisotopic (exact) mass is 345 g/mol. The molecule has 0 N–H and O–H groups in total. The number of nitrogens with zero attached hydrogens (tertiary/aromatic N) is 5. The van der Waals surface area contributed by atoms with Crippen LogP contribution in [0.3, 0.4) is 0 Å². The number of thiazole rings is 1. The Morgan fingerprint density at radius 1 is 1.29 bits per heavy atom. The molecule has 126 valence electrons. The highest BCUT2D eigenvalue weighted by Crippen LogP contribution is 2.18. The van der Waals surface area contributed by atoms with E-state index in [1.807, 2.05) is 5.38 Å². The number of hydrogen-bond donors (Lipinski definition) is 0. The average molecular weight is 345 g/mol. The number of rotatable bonds is 6. The van der Waals surface area contributed by atoms with Gasteiger partial charge in [0.15, 0.2) is 0 Å². The summed E-state index contributed by atoms with van der Waals surface area (Å²) in [6, 6.07) is 4.81. The summed E-state index contributed by atoms with van der Waals surface area (Å²) in [6.07, 6.45) is 2.15. The Balaban J connectivity index is 1.68. The van der Waals surface area contributed by atoms with Gasteiger partial charge in [-0.15, -0.1) is 21.5 Å². The van der Waals surface area contributed by atoms with Gasteiger partial charge in [-0.3, -0.25) is 0 Å². The zero-order chi connectivity index (χ0) is 17.1. The summed E-state index contributed by atoms with van der Waals surface area (Å²) in [5, 5.41) is 15.7. The van der Waals surface area contributed by atoms with Crippen LogP contribution in [0.1, 0.15) is 36.5 Å². The van der Waals surface area contributed by atoms with Crippen molar-refractivity contribution in [3.05, 3.63) is 45.7 Å². The highest BCUT2D eigenvalue weighted by Gasteiger charge is 2.10. The SMILES string of the molecule is Cc1cc(-c2nnn(Cc3csc(CCC(C)C)n3)n2)ccc1F. The third-order valence-corrected chi connectivity index (χ3v) is 4.66. The van der Waals surface area contributed by atoms with Crippen molar-refractivity contribution in [2.45, 2.75) is 40.2 Å². The molecule has 0 aliphatic heterocycles. The van der Waals surface area contributed by atoms with Gasteiger partial charge in [-0.25, -0.2) is 9.37 Å². The first-order chi connectivity index (χ1) is 11.5. The van der Waals surface area contributed by atoms with Crippen molar-refractivity contribution in [3.63, 3.8) is 0 Å². The lowest BCUT2D eigenvalue weighted by molar-refractivity contribution is 0.561. The second kappa shape index (κ2) is 7.17. The average Bonchev–Trinajstić information content (AvgIpc) is 3.18. The molecule has 3 aromatic rings. The predicted octanol–water partition coefficient (Wildman–Crippen LogP) is 3.88. The van der Waals surface area contributed by atoms with Gasteiger partial charge < -0.3 is 0 Å². The van der Waals surface area contributed by atoms with Crippen molar-refractivity contribution in [1.29, 1.82) is 0 Å². The molecule has 0 saturated heterocycles. The van der Waals surface area contributed by atoms with Gasteiger partial charge in [-0.1, -0.05) is 13.8 Å². The number of aromatic nitrogens is 5. The second-order valence-electron chi connectivity index (χ2n) is 6.27. The fourth-order valence-corrected chi connectivity index (χ4v) is 3.11. The first-order valence-electron chi connectivity index (χ1n) is 7.99. The molecule has 5 nitrogen and oxygen atoms in total. The molecule has 3 rings (SSSR count). The van der Waals surface area contributed by atoms with E-state index in [-0.39, 0.29) is 5.82 Å². The van der Waals surface area contributed by atoms with Crippen LogP contribution in [-0.2, 0) is 13.0 Å². The number of tetrazole rings is 1. The van der Waals surface area contributed by atoms with Crippen molar-refractivity contribution < 1.29 is 4.39 Å². The minimum Gasteiger partial charge on any atom is -0.244 e. The molecule has 0 unspecified atom stereocenters. The van der Waals surface area contributed by atoms with Crippen LogP contribution in [-0.4, -0.2) is 25.2 Å². The van der Waals surface area contributed by atoms with E-state index >= 15 is 0 Å². The van der Waals surface area contributed by atoms with Crippen LogP contribution in [0.25, 0.3) is 11.4 Å². The van der Waals surface area contributed by atoms with E-state index in [9.17, 15) is 4.39 Å². The van der Waals surface area contributed by atoms with Crippen molar-refractivity contribution >= 4 is 11.3 Å². The molecule has 0 fully saturated rings. The van der Waals surface area contributed by atoms with Gasteiger partial charge in [-0.2, -0.15) is 4.80 Å². The minimum absolute atomic E-state index is 0.234. The number of hydrogen-bond acceptors (Lipinski definition) is 5. The molecular weight excluding hydrogens is 325 g/mol. The normalized spacial score (nSPS) is 11.4. The highest BCUT2D eigenvalue weighted by molar-refractivity contribution is 7.09. The van der Waals surface area contributed by atoms with E-state index in [0.717, 1.165) is 29.1 Å². The molecule has 0 radical (unpaired) electrons. The van der Waals surface area contributed by atoms with Crippen molar-refractivity contribution in [2.24, 2.45) is 5.92 Å². The van der Waals surface area contributed by atoms with Gasteiger partial charge in [0.1, 0.15) is 12.4 Å². The topological polar surface area (TPSA) is 56.5 Å². The maximum atomic E-state index is 13.4. The second-order valence-corrected chi connectivity index (χ2v) is 7.22. The summed E-state index contributed by atoms with van der Waals surface area (Å²) >= 11 is 1.68. The lowest BCUT2D eigenvalue weighted by Gasteiger charge is -2.00. The maximum absolute atomic E-state index is 13.4. The van der Waals surface area contributed by atoms with E-state index in [0.29, 0.717) is 23.9 Å². The van der Waals surface area contributed by atoms with Gasteiger partial charge in [0, 0.05) is 10.9 Å². The van der Waals surface area contributed by atoms with Gasteiger partial charge in [-0.05, 0) is 54.7 Å². The smallest absolute Gasteiger partial charge is 0.204 e. The van der Waals surface area contributed by atoms with Gasteiger partial charge >= 0.3 is 0 Å². The largest absolute Gasteiger partial charge is 0.244 e. The molecule has 24 heavy (non-hydrogen) atoms. The Hall–Kier alpha value is -2.15. The quantitative estimate of drug-likeness (QED) is 0.680. The van der Waals surface area contributed by atoms with Crippen LogP contribution in [0, 0.1) is 18.7 Å². The van der Waals surface area contributed by atoms with Crippen LogP contribution in [0.5, 0.6) is 0 Å². The van der Waals surface area contributed by atoms with E-state index in [2.05, 4.69) is 34.2 Å². The summed E-state index contributed by atoms with van der Waals surface area (Å²) in [6.45, 7) is 6.64. The van der Waals surface area contributed by atoms with E-state index < -0.39 is 0 Å². The molecule has 0 spiro atoms. The van der Waals surface area contributed by atoms with Crippen LogP contribution in [0.2, 0.25) is 0 Å². The molecule has 1 aromatic carbocycles. The third kappa shape index (κ3) is 4.03. The molecular formula is C17H20FN5S. The standard InChI is InChI=1S/C17H20FN5S/c1-11(2)4-7-16-19-14(10-24-16)9-23-21-17(20-22-23)13-5-6-15(18)12(3)8-13/h5-6,8,10-11H,4,7,9H2,1-3H3. The van der Waals surface area contributed by atoms with Crippen LogP contribution in [0.4, 0.5) is 4.39 Å². The summed E-state index contributed by atoms with van der Waals surface area (Å²) in [4.78, 5) is 6.15. The fraction of sp³-hybridized carbons (Fsp3) is 0.412. The predicted molar refractivity (Wildman–Crippen MR) is 92.3 cm³/mol.